The first-order valence-electron chi connectivity index (χ1n) is 7.10. The van der Waals surface area contributed by atoms with E-state index in [4.69, 9.17) is 5.73 Å². The van der Waals surface area contributed by atoms with Crippen LogP contribution in [0.1, 0.15) is 40.0 Å². The van der Waals surface area contributed by atoms with Crippen molar-refractivity contribution in [2.75, 3.05) is 6.54 Å². The van der Waals surface area contributed by atoms with E-state index >= 15 is 0 Å². The average Bonchev–Trinajstić information content (AvgIpc) is 2.83. The molecule has 0 saturated carbocycles. The fourth-order valence-electron chi connectivity index (χ4n) is 1.83. The smallest absolute Gasteiger partial charge is 0.243 e. The Morgan fingerprint density at radius 2 is 2.05 bits per heavy atom. The molecule has 0 radical (unpaired) electrons. The van der Waals surface area contributed by atoms with Crippen LogP contribution in [0.2, 0.25) is 0 Å². The number of nitrogens with one attached hydrogen (secondary N) is 1. The van der Waals surface area contributed by atoms with Crippen LogP contribution in [0.3, 0.4) is 0 Å². The number of rotatable bonds is 9. The third-order valence-corrected chi connectivity index (χ3v) is 4.59. The van der Waals surface area contributed by atoms with Crippen LogP contribution in [-0.2, 0) is 16.6 Å². The Bertz CT molecular complexity index is 496. The highest BCUT2D eigenvalue weighted by Crippen LogP contribution is 2.11. The van der Waals surface area contributed by atoms with Crippen molar-refractivity contribution in [3.8, 4) is 0 Å². The molecule has 1 heterocycles. The first kappa shape index (κ1) is 17.1. The SMILES string of the molecule is CC(C)CCC(C)NS(=O)(=O)c1cnn(CCCN)c1. The van der Waals surface area contributed by atoms with E-state index in [0.717, 1.165) is 19.3 Å². The molecule has 0 bridgehead atoms. The van der Waals surface area contributed by atoms with E-state index in [1.807, 2.05) is 6.92 Å². The first-order valence-corrected chi connectivity index (χ1v) is 8.58. The highest BCUT2D eigenvalue weighted by molar-refractivity contribution is 7.89. The van der Waals surface area contributed by atoms with Crippen molar-refractivity contribution >= 4 is 10.0 Å². The van der Waals surface area contributed by atoms with Gasteiger partial charge < -0.3 is 5.73 Å². The lowest BCUT2D eigenvalue weighted by atomic mass is 10.1. The van der Waals surface area contributed by atoms with E-state index in [0.29, 0.717) is 19.0 Å². The van der Waals surface area contributed by atoms with Crippen molar-refractivity contribution in [1.29, 1.82) is 0 Å². The number of hydrogen-bond donors (Lipinski definition) is 2. The fourth-order valence-corrected chi connectivity index (χ4v) is 3.06. The summed E-state index contributed by atoms with van der Waals surface area (Å²) in [4.78, 5) is 0.214. The summed E-state index contributed by atoms with van der Waals surface area (Å²) in [6.07, 6.45) is 5.54. The van der Waals surface area contributed by atoms with Crippen molar-refractivity contribution in [2.45, 2.75) is 57.5 Å². The second kappa shape index (κ2) is 7.75. The minimum atomic E-state index is -3.48. The summed E-state index contributed by atoms with van der Waals surface area (Å²) in [5, 5.41) is 4.04. The van der Waals surface area contributed by atoms with E-state index < -0.39 is 10.0 Å². The average molecular weight is 302 g/mol. The predicted molar refractivity (Wildman–Crippen MR) is 79.8 cm³/mol. The topological polar surface area (TPSA) is 90.0 Å². The molecular formula is C13H26N4O2S. The Hall–Kier alpha value is -0.920. The number of sulfonamides is 1. The molecule has 116 valence electrons. The van der Waals surface area contributed by atoms with Gasteiger partial charge in [0.15, 0.2) is 0 Å². The minimum absolute atomic E-state index is 0.0743. The maximum atomic E-state index is 12.2. The second-order valence-electron chi connectivity index (χ2n) is 5.57. The minimum Gasteiger partial charge on any atom is -0.330 e. The molecule has 1 aromatic heterocycles. The lowest BCUT2D eigenvalue weighted by molar-refractivity contribution is 0.485. The van der Waals surface area contributed by atoms with E-state index in [-0.39, 0.29) is 10.9 Å². The Labute approximate surface area is 121 Å². The summed E-state index contributed by atoms with van der Waals surface area (Å²) >= 11 is 0. The van der Waals surface area contributed by atoms with E-state index in [1.54, 1.807) is 10.9 Å². The normalized spacial score (nSPS) is 13.8. The number of hydrogen-bond acceptors (Lipinski definition) is 4. The zero-order valence-electron chi connectivity index (χ0n) is 12.5. The van der Waals surface area contributed by atoms with Gasteiger partial charge in [0.25, 0.3) is 0 Å². The Balaban J connectivity index is 2.61. The van der Waals surface area contributed by atoms with Gasteiger partial charge in [-0.15, -0.1) is 0 Å². The molecule has 6 nitrogen and oxygen atoms in total. The van der Waals surface area contributed by atoms with Crippen LogP contribution in [0.25, 0.3) is 0 Å². The molecular weight excluding hydrogens is 276 g/mol. The van der Waals surface area contributed by atoms with Crippen LogP contribution < -0.4 is 10.5 Å². The summed E-state index contributed by atoms with van der Waals surface area (Å²) in [5.74, 6) is 0.570. The van der Waals surface area contributed by atoms with Gasteiger partial charge >= 0.3 is 0 Å². The molecule has 1 rings (SSSR count). The van der Waals surface area contributed by atoms with Gasteiger partial charge in [0.2, 0.25) is 10.0 Å². The molecule has 1 atom stereocenters. The molecule has 3 N–H and O–H groups in total. The van der Waals surface area contributed by atoms with Crippen LogP contribution in [0, 0.1) is 5.92 Å². The van der Waals surface area contributed by atoms with Crippen LogP contribution in [0.15, 0.2) is 17.3 Å². The zero-order valence-corrected chi connectivity index (χ0v) is 13.4. The summed E-state index contributed by atoms with van der Waals surface area (Å²) < 4.78 is 28.7. The third kappa shape index (κ3) is 5.60. The summed E-state index contributed by atoms with van der Waals surface area (Å²) in [7, 11) is -3.48. The van der Waals surface area contributed by atoms with Gasteiger partial charge in [0.05, 0.1) is 6.20 Å². The van der Waals surface area contributed by atoms with Gasteiger partial charge in [0, 0.05) is 18.8 Å². The van der Waals surface area contributed by atoms with Crippen LogP contribution in [0.5, 0.6) is 0 Å². The molecule has 0 fully saturated rings. The Morgan fingerprint density at radius 1 is 1.35 bits per heavy atom. The first-order chi connectivity index (χ1) is 9.35. The highest BCUT2D eigenvalue weighted by Gasteiger charge is 2.19. The Kier molecular flexibility index (Phi) is 6.64. The van der Waals surface area contributed by atoms with Gasteiger partial charge in [-0.1, -0.05) is 13.8 Å². The molecule has 1 aromatic rings. The van der Waals surface area contributed by atoms with E-state index in [2.05, 4.69) is 23.7 Å². The quantitative estimate of drug-likeness (QED) is 0.720. The van der Waals surface area contributed by atoms with Gasteiger partial charge in [-0.25, -0.2) is 13.1 Å². The molecule has 0 aliphatic rings. The lowest BCUT2D eigenvalue weighted by Crippen LogP contribution is -2.32. The van der Waals surface area contributed by atoms with Crippen LogP contribution >= 0.6 is 0 Å². The zero-order chi connectivity index (χ0) is 15.2. The Morgan fingerprint density at radius 3 is 2.65 bits per heavy atom. The monoisotopic (exact) mass is 302 g/mol. The van der Waals surface area contributed by atoms with E-state index in [9.17, 15) is 8.42 Å². The lowest BCUT2D eigenvalue weighted by Gasteiger charge is -2.14. The molecule has 0 aliphatic heterocycles. The molecule has 0 amide bonds. The number of nitrogens with zero attached hydrogens (tertiary/aromatic N) is 2. The summed E-state index contributed by atoms with van der Waals surface area (Å²) in [6, 6.07) is -0.0743. The number of aromatic nitrogens is 2. The van der Waals surface area contributed by atoms with Crippen LogP contribution in [-0.4, -0.2) is 30.8 Å². The van der Waals surface area contributed by atoms with Gasteiger partial charge in [-0.2, -0.15) is 5.10 Å². The van der Waals surface area contributed by atoms with Crippen molar-refractivity contribution in [3.05, 3.63) is 12.4 Å². The summed E-state index contributed by atoms with van der Waals surface area (Å²) in [5.41, 5.74) is 5.42. The molecule has 0 spiro atoms. The predicted octanol–water partition coefficient (Wildman–Crippen LogP) is 1.33. The molecule has 0 aromatic carbocycles. The van der Waals surface area contributed by atoms with Crippen molar-refractivity contribution in [3.63, 3.8) is 0 Å². The van der Waals surface area contributed by atoms with Gasteiger partial charge in [-0.05, 0) is 38.6 Å². The van der Waals surface area contributed by atoms with Gasteiger partial charge in [-0.3, -0.25) is 4.68 Å². The number of nitrogens with two attached hydrogens (primary N) is 1. The fraction of sp³-hybridized carbons (Fsp3) is 0.769. The molecule has 1 unspecified atom stereocenters. The van der Waals surface area contributed by atoms with Crippen molar-refractivity contribution in [1.82, 2.24) is 14.5 Å². The molecule has 7 heteroatoms. The third-order valence-electron chi connectivity index (χ3n) is 3.04. The molecule has 0 aliphatic carbocycles. The van der Waals surface area contributed by atoms with Crippen molar-refractivity contribution in [2.24, 2.45) is 11.7 Å². The number of aryl methyl sites for hydroxylation is 1. The van der Waals surface area contributed by atoms with E-state index in [1.165, 1.54) is 6.20 Å². The van der Waals surface area contributed by atoms with Gasteiger partial charge in [0.1, 0.15) is 4.90 Å². The molecule has 0 saturated heterocycles. The second-order valence-corrected chi connectivity index (χ2v) is 7.29. The molecule has 20 heavy (non-hydrogen) atoms. The highest BCUT2D eigenvalue weighted by atomic mass is 32.2. The van der Waals surface area contributed by atoms with Crippen LogP contribution in [0.4, 0.5) is 0 Å². The van der Waals surface area contributed by atoms with Crippen molar-refractivity contribution < 1.29 is 8.42 Å². The largest absolute Gasteiger partial charge is 0.330 e. The maximum Gasteiger partial charge on any atom is 0.243 e. The maximum absolute atomic E-state index is 12.2. The standard InChI is InChI=1S/C13H26N4O2S/c1-11(2)5-6-12(3)16-20(18,19)13-9-15-17(10-13)8-4-7-14/h9-12,16H,4-8,14H2,1-3H3. The summed E-state index contributed by atoms with van der Waals surface area (Å²) in [6.45, 7) is 7.34.